The van der Waals surface area contributed by atoms with Crippen molar-refractivity contribution in [3.63, 3.8) is 0 Å². The summed E-state index contributed by atoms with van der Waals surface area (Å²) in [5.41, 5.74) is 0. The van der Waals surface area contributed by atoms with Gasteiger partial charge in [-0.25, -0.2) is 0 Å². The first kappa shape index (κ1) is 10.1. The molecular formula is C6H19N3Si. The van der Waals surface area contributed by atoms with E-state index in [1.165, 1.54) is 0 Å². The highest BCUT2D eigenvalue weighted by Crippen LogP contribution is 1.68. The Bertz CT molecular complexity index is 55.7. The fourth-order valence-corrected chi connectivity index (χ4v) is 1.53. The van der Waals surface area contributed by atoms with Gasteiger partial charge in [-0.3, -0.25) is 10.6 Å². The Morgan fingerprint density at radius 1 is 1.20 bits per heavy atom. The third-order valence-electron chi connectivity index (χ3n) is 1.22. The number of rotatable bonds is 6. The normalized spacial score (nSPS) is 12.0. The minimum Gasteiger partial charge on any atom is -0.317 e. The molecule has 0 aromatic rings. The molecule has 0 fully saturated rings. The maximum Gasteiger partial charge on any atom is 0.105 e. The van der Waals surface area contributed by atoms with Gasteiger partial charge < -0.3 is 4.98 Å². The van der Waals surface area contributed by atoms with E-state index in [1.54, 1.807) is 0 Å². The lowest BCUT2D eigenvalue weighted by molar-refractivity contribution is 0.426. The second-order valence-electron chi connectivity index (χ2n) is 2.11. The van der Waals surface area contributed by atoms with E-state index in [1.807, 2.05) is 0 Å². The molecule has 62 valence electrons. The summed E-state index contributed by atoms with van der Waals surface area (Å²) in [5.74, 6) is 0. The van der Waals surface area contributed by atoms with Crippen LogP contribution < -0.4 is 15.6 Å². The first-order valence-electron chi connectivity index (χ1n) is 4.05. The predicted octanol–water partition coefficient (Wildman–Crippen LogP) is -0.789. The van der Waals surface area contributed by atoms with E-state index in [0.29, 0.717) is 6.29 Å². The summed E-state index contributed by atoms with van der Waals surface area (Å²) in [6.07, 6.45) is 0.340. The minimum absolute atomic E-state index is 0.0491. The van der Waals surface area contributed by atoms with E-state index in [-0.39, 0.29) is 9.68 Å². The zero-order valence-corrected chi connectivity index (χ0v) is 8.61. The molecular weight excluding hydrogens is 142 g/mol. The summed E-state index contributed by atoms with van der Waals surface area (Å²) >= 11 is 0. The highest BCUT2D eigenvalue weighted by Gasteiger charge is 1.99. The van der Waals surface area contributed by atoms with Crippen molar-refractivity contribution in [2.75, 3.05) is 13.1 Å². The fraction of sp³-hybridized carbons (Fsp3) is 1.00. The van der Waals surface area contributed by atoms with Gasteiger partial charge in [-0.15, -0.1) is 0 Å². The Morgan fingerprint density at radius 3 is 2.00 bits per heavy atom. The molecule has 3 N–H and O–H groups in total. The summed E-state index contributed by atoms with van der Waals surface area (Å²) in [5, 5.41) is 6.59. The van der Waals surface area contributed by atoms with Crippen molar-refractivity contribution >= 4 is 9.68 Å². The maximum atomic E-state index is 3.40. The smallest absolute Gasteiger partial charge is 0.105 e. The lowest BCUT2D eigenvalue weighted by atomic mass is 10.6. The molecule has 0 aromatic heterocycles. The Kier molecular flexibility index (Phi) is 7.28. The van der Waals surface area contributed by atoms with Crippen LogP contribution in [-0.2, 0) is 0 Å². The van der Waals surface area contributed by atoms with Gasteiger partial charge in [-0.1, -0.05) is 20.4 Å². The van der Waals surface area contributed by atoms with Crippen molar-refractivity contribution < 1.29 is 0 Å². The molecule has 0 saturated heterocycles. The average Bonchev–Trinajstić information content (AvgIpc) is 1.90. The molecule has 3 nitrogen and oxygen atoms in total. The lowest BCUT2D eigenvalue weighted by Crippen LogP contribution is -2.53. The van der Waals surface area contributed by atoms with E-state index in [2.05, 4.69) is 36.0 Å². The Hall–Kier alpha value is 0.0969. The topological polar surface area (TPSA) is 36.1 Å². The van der Waals surface area contributed by atoms with Crippen LogP contribution in [0.15, 0.2) is 0 Å². The van der Waals surface area contributed by atoms with Crippen LogP contribution in [0.25, 0.3) is 0 Å². The molecule has 0 aromatic carbocycles. The zero-order valence-electron chi connectivity index (χ0n) is 7.20. The highest BCUT2D eigenvalue weighted by molar-refractivity contribution is 6.30. The second kappa shape index (κ2) is 7.21. The van der Waals surface area contributed by atoms with E-state index in [0.717, 1.165) is 13.1 Å². The van der Waals surface area contributed by atoms with Gasteiger partial charge in [0.2, 0.25) is 0 Å². The highest BCUT2D eigenvalue weighted by atomic mass is 28.2. The van der Waals surface area contributed by atoms with Crippen molar-refractivity contribution in [3.8, 4) is 0 Å². The first-order chi connectivity index (χ1) is 4.85. The standard InChI is InChI=1S/C6H19N3Si/c1-4-7-6(8-5-2)9-10-3/h6-9H,4-5,10H2,1-3H3. The van der Waals surface area contributed by atoms with Crippen LogP contribution in [0.2, 0.25) is 6.55 Å². The SMILES string of the molecule is CCNC(NCC)N[SiH2]C. The monoisotopic (exact) mass is 161 g/mol. The summed E-state index contributed by atoms with van der Waals surface area (Å²) in [6.45, 7) is 8.49. The number of nitrogens with one attached hydrogen (secondary N) is 3. The fourth-order valence-electron chi connectivity index (χ4n) is 0.829. The van der Waals surface area contributed by atoms with Crippen LogP contribution in [-0.4, -0.2) is 29.1 Å². The van der Waals surface area contributed by atoms with Crippen molar-refractivity contribution in [2.45, 2.75) is 26.7 Å². The Morgan fingerprint density at radius 2 is 1.70 bits per heavy atom. The molecule has 0 spiro atoms. The van der Waals surface area contributed by atoms with E-state index < -0.39 is 0 Å². The Labute approximate surface area is 65.9 Å². The zero-order chi connectivity index (χ0) is 7.82. The molecule has 0 aliphatic carbocycles. The van der Waals surface area contributed by atoms with Crippen molar-refractivity contribution in [1.82, 2.24) is 15.6 Å². The van der Waals surface area contributed by atoms with Gasteiger partial charge in [-0.05, 0) is 13.1 Å². The lowest BCUT2D eigenvalue weighted by Gasteiger charge is -2.18. The van der Waals surface area contributed by atoms with Gasteiger partial charge in [-0.2, -0.15) is 0 Å². The Balaban J connectivity index is 3.30. The van der Waals surface area contributed by atoms with E-state index in [9.17, 15) is 0 Å². The van der Waals surface area contributed by atoms with Gasteiger partial charge in [0.15, 0.2) is 0 Å². The second-order valence-corrected chi connectivity index (χ2v) is 3.22. The molecule has 0 aliphatic rings. The molecule has 0 rings (SSSR count). The van der Waals surface area contributed by atoms with Crippen LogP contribution in [0.5, 0.6) is 0 Å². The summed E-state index contributed by atoms with van der Waals surface area (Å²) in [6, 6.07) is 0. The first-order valence-corrected chi connectivity index (χ1v) is 6.17. The van der Waals surface area contributed by atoms with E-state index >= 15 is 0 Å². The van der Waals surface area contributed by atoms with E-state index in [4.69, 9.17) is 0 Å². The van der Waals surface area contributed by atoms with Crippen LogP contribution in [0.1, 0.15) is 13.8 Å². The van der Waals surface area contributed by atoms with Crippen molar-refractivity contribution in [3.05, 3.63) is 0 Å². The summed E-state index contributed by atoms with van der Waals surface area (Å²) in [7, 11) is -0.0491. The minimum atomic E-state index is -0.0491. The van der Waals surface area contributed by atoms with Gasteiger partial charge in [0.1, 0.15) is 6.29 Å². The van der Waals surface area contributed by atoms with Crippen LogP contribution in [0, 0.1) is 0 Å². The molecule has 4 heteroatoms. The molecule has 0 radical (unpaired) electrons. The van der Waals surface area contributed by atoms with Gasteiger partial charge in [0, 0.05) is 0 Å². The summed E-state index contributed by atoms with van der Waals surface area (Å²) in [4.78, 5) is 3.40. The molecule has 0 aliphatic heterocycles. The molecule has 10 heavy (non-hydrogen) atoms. The largest absolute Gasteiger partial charge is 0.317 e. The molecule has 0 bridgehead atoms. The molecule has 0 unspecified atom stereocenters. The molecule has 0 atom stereocenters. The third kappa shape index (κ3) is 4.93. The molecule has 0 heterocycles. The maximum absolute atomic E-state index is 3.40. The summed E-state index contributed by atoms with van der Waals surface area (Å²) < 4.78 is 0. The van der Waals surface area contributed by atoms with Crippen molar-refractivity contribution in [1.29, 1.82) is 0 Å². The average molecular weight is 161 g/mol. The number of hydrogen-bond donors (Lipinski definition) is 3. The van der Waals surface area contributed by atoms with Crippen LogP contribution in [0.4, 0.5) is 0 Å². The van der Waals surface area contributed by atoms with Gasteiger partial charge in [0.05, 0.1) is 9.68 Å². The van der Waals surface area contributed by atoms with Gasteiger partial charge >= 0.3 is 0 Å². The third-order valence-corrected chi connectivity index (χ3v) is 2.04. The predicted molar refractivity (Wildman–Crippen MR) is 48.7 cm³/mol. The van der Waals surface area contributed by atoms with Crippen LogP contribution >= 0.6 is 0 Å². The quantitative estimate of drug-likeness (QED) is 0.353. The van der Waals surface area contributed by atoms with Gasteiger partial charge in [0.25, 0.3) is 0 Å². The van der Waals surface area contributed by atoms with Crippen LogP contribution in [0.3, 0.4) is 0 Å². The number of hydrogen-bond acceptors (Lipinski definition) is 3. The molecule has 0 amide bonds. The molecule has 0 saturated carbocycles. The van der Waals surface area contributed by atoms with Crippen molar-refractivity contribution in [2.24, 2.45) is 0 Å².